The molecule has 0 spiro atoms. The van der Waals surface area contributed by atoms with Gasteiger partial charge in [0.2, 0.25) is 0 Å². The van der Waals surface area contributed by atoms with Crippen molar-refractivity contribution in [3.63, 3.8) is 0 Å². The molecule has 8 heteroatoms. The summed E-state index contributed by atoms with van der Waals surface area (Å²) < 4.78 is 9.60. The summed E-state index contributed by atoms with van der Waals surface area (Å²) >= 11 is 4.02. The maximum atomic E-state index is 10.7. The van der Waals surface area contributed by atoms with Gasteiger partial charge in [0.05, 0.1) is 6.29 Å². The van der Waals surface area contributed by atoms with Crippen LogP contribution in [0.5, 0.6) is 0 Å². The van der Waals surface area contributed by atoms with Gasteiger partial charge in [0.25, 0.3) is 0 Å². The topological polar surface area (TPSA) is 107 Å². The van der Waals surface area contributed by atoms with Gasteiger partial charge in [0.15, 0.2) is 0 Å². The summed E-state index contributed by atoms with van der Waals surface area (Å²) in [4.78, 5) is 27.8. The molecule has 0 aliphatic carbocycles. The average molecular weight is 243 g/mol. The first-order valence-electron chi connectivity index (χ1n) is 3.77. The third-order valence-corrected chi connectivity index (χ3v) is 2.31. The number of thiol groups is 1. The lowest BCUT2D eigenvalue weighted by atomic mass is 10.0. The lowest BCUT2D eigenvalue weighted by Gasteiger charge is -2.26. The molecule has 1 atom stereocenters. The minimum atomic E-state index is -4.24. The third kappa shape index (κ3) is 5.62. The highest BCUT2D eigenvalue weighted by molar-refractivity contribution is 7.81. The SMILES string of the molecule is CC(C)(S)[C@H](NCP(=O)(O)O)C(=O)O. The van der Waals surface area contributed by atoms with Crippen LogP contribution >= 0.6 is 20.2 Å². The maximum Gasteiger partial charge on any atom is 0.339 e. The zero-order valence-electron chi connectivity index (χ0n) is 7.84. The largest absolute Gasteiger partial charge is 0.480 e. The first-order chi connectivity index (χ1) is 6.04. The molecular weight excluding hydrogens is 229 g/mol. The highest BCUT2D eigenvalue weighted by Crippen LogP contribution is 2.33. The fourth-order valence-electron chi connectivity index (χ4n) is 0.849. The zero-order valence-corrected chi connectivity index (χ0v) is 9.63. The molecule has 0 aliphatic heterocycles. The second kappa shape index (κ2) is 4.63. The van der Waals surface area contributed by atoms with Gasteiger partial charge in [-0.15, -0.1) is 0 Å². The molecule has 0 radical (unpaired) electrons. The van der Waals surface area contributed by atoms with Crippen LogP contribution in [0.4, 0.5) is 0 Å². The van der Waals surface area contributed by atoms with Crippen molar-refractivity contribution in [2.75, 3.05) is 6.29 Å². The molecule has 0 saturated carbocycles. The van der Waals surface area contributed by atoms with E-state index in [1.165, 1.54) is 0 Å². The molecule has 0 aliphatic rings. The van der Waals surface area contributed by atoms with Crippen LogP contribution in [0.3, 0.4) is 0 Å². The predicted octanol–water partition coefficient (Wildman–Crippen LogP) is -0.127. The van der Waals surface area contributed by atoms with E-state index in [9.17, 15) is 9.36 Å². The van der Waals surface area contributed by atoms with E-state index in [4.69, 9.17) is 14.9 Å². The molecular formula is C6H14NO5PS. The van der Waals surface area contributed by atoms with Crippen molar-refractivity contribution >= 4 is 26.2 Å². The van der Waals surface area contributed by atoms with Crippen molar-refractivity contribution in [3.05, 3.63) is 0 Å². The van der Waals surface area contributed by atoms with Gasteiger partial charge in [0, 0.05) is 4.75 Å². The highest BCUT2D eigenvalue weighted by atomic mass is 32.1. The van der Waals surface area contributed by atoms with E-state index in [-0.39, 0.29) is 0 Å². The molecule has 0 aromatic rings. The second-order valence-electron chi connectivity index (χ2n) is 3.45. The molecule has 6 nitrogen and oxygen atoms in total. The number of hydrogen-bond donors (Lipinski definition) is 5. The summed E-state index contributed by atoms with van der Waals surface area (Å²) in [6.07, 6.45) is -0.673. The van der Waals surface area contributed by atoms with E-state index in [0.717, 1.165) is 0 Å². The van der Waals surface area contributed by atoms with Crippen LogP contribution in [-0.4, -0.2) is 37.9 Å². The Morgan fingerprint density at radius 2 is 2.00 bits per heavy atom. The second-order valence-corrected chi connectivity index (χ2v) is 6.25. The lowest BCUT2D eigenvalue weighted by molar-refractivity contribution is -0.140. The van der Waals surface area contributed by atoms with Gasteiger partial charge in [-0.1, -0.05) is 0 Å². The first kappa shape index (κ1) is 13.9. The molecule has 0 bridgehead atoms. The summed E-state index contributed by atoms with van der Waals surface area (Å²) in [6.45, 7) is 3.09. The third-order valence-electron chi connectivity index (χ3n) is 1.45. The van der Waals surface area contributed by atoms with Gasteiger partial charge in [-0.3, -0.25) is 14.7 Å². The lowest BCUT2D eigenvalue weighted by Crippen LogP contribution is -2.49. The molecule has 0 fully saturated rings. The van der Waals surface area contributed by atoms with E-state index < -0.39 is 30.6 Å². The van der Waals surface area contributed by atoms with Gasteiger partial charge >= 0.3 is 13.6 Å². The van der Waals surface area contributed by atoms with E-state index in [1.807, 2.05) is 0 Å². The molecule has 0 aromatic heterocycles. The van der Waals surface area contributed by atoms with Crippen LogP contribution in [0, 0.1) is 0 Å². The average Bonchev–Trinajstić information content (AvgIpc) is 1.79. The standard InChI is InChI=1S/C6H14NO5PS/c1-6(2,14)4(5(8)9)7-3-13(10,11)12/h4,7,14H,3H2,1-2H3,(H,8,9)(H2,10,11,12)/t4-/m1/s1. The Labute approximate surface area is 87.3 Å². The molecule has 0 amide bonds. The number of nitrogens with one attached hydrogen (secondary N) is 1. The zero-order chi connectivity index (χ0) is 11.6. The molecule has 0 rings (SSSR count). The molecule has 4 N–H and O–H groups in total. The number of carboxylic acid groups (broad SMARTS) is 1. The van der Waals surface area contributed by atoms with Gasteiger partial charge in [-0.2, -0.15) is 12.6 Å². The highest BCUT2D eigenvalue weighted by Gasteiger charge is 2.33. The van der Waals surface area contributed by atoms with Crippen LogP contribution in [-0.2, 0) is 9.36 Å². The molecule has 84 valence electrons. The smallest absolute Gasteiger partial charge is 0.339 e. The van der Waals surface area contributed by atoms with Gasteiger partial charge in [-0.25, -0.2) is 0 Å². The maximum absolute atomic E-state index is 10.7. The number of carbonyl (C=O) groups is 1. The van der Waals surface area contributed by atoms with Crippen LogP contribution in [0.25, 0.3) is 0 Å². The Kier molecular flexibility index (Phi) is 4.61. The molecule has 0 heterocycles. The normalized spacial score (nSPS) is 15.2. The van der Waals surface area contributed by atoms with E-state index in [0.29, 0.717) is 0 Å². The Morgan fingerprint density at radius 1 is 1.57 bits per heavy atom. The Hall–Kier alpha value is -0.0700. The predicted molar refractivity (Wildman–Crippen MR) is 54.5 cm³/mol. The van der Waals surface area contributed by atoms with E-state index in [2.05, 4.69) is 17.9 Å². The summed E-state index contributed by atoms with van der Waals surface area (Å²) in [7, 11) is -4.24. The number of rotatable bonds is 5. The minimum Gasteiger partial charge on any atom is -0.480 e. The summed E-state index contributed by atoms with van der Waals surface area (Å²) in [5.74, 6) is -1.20. The van der Waals surface area contributed by atoms with Crippen molar-refractivity contribution in [1.82, 2.24) is 5.32 Å². The Bertz CT molecular complexity index is 257. The fourth-order valence-corrected chi connectivity index (χ4v) is 1.47. The number of aliphatic carboxylic acids is 1. The van der Waals surface area contributed by atoms with Crippen molar-refractivity contribution in [2.45, 2.75) is 24.6 Å². The summed E-state index contributed by atoms with van der Waals surface area (Å²) in [5, 5.41) is 11.0. The van der Waals surface area contributed by atoms with Gasteiger partial charge < -0.3 is 14.9 Å². The van der Waals surface area contributed by atoms with E-state index in [1.54, 1.807) is 13.8 Å². The number of hydrogen-bond acceptors (Lipinski definition) is 4. The monoisotopic (exact) mass is 243 g/mol. The van der Waals surface area contributed by atoms with Gasteiger partial charge in [-0.05, 0) is 13.8 Å². The Morgan fingerprint density at radius 3 is 2.21 bits per heavy atom. The van der Waals surface area contributed by atoms with Crippen molar-refractivity contribution in [3.8, 4) is 0 Å². The van der Waals surface area contributed by atoms with E-state index >= 15 is 0 Å². The van der Waals surface area contributed by atoms with Crippen LogP contribution in [0.15, 0.2) is 0 Å². The molecule has 0 unspecified atom stereocenters. The van der Waals surface area contributed by atoms with Crippen molar-refractivity contribution in [2.24, 2.45) is 0 Å². The van der Waals surface area contributed by atoms with Crippen LogP contribution < -0.4 is 5.32 Å². The first-order valence-corrected chi connectivity index (χ1v) is 6.01. The minimum absolute atomic E-state index is 0.673. The van der Waals surface area contributed by atoms with Crippen molar-refractivity contribution in [1.29, 1.82) is 0 Å². The molecule has 14 heavy (non-hydrogen) atoms. The quantitative estimate of drug-likeness (QED) is 0.340. The molecule has 0 saturated heterocycles. The van der Waals surface area contributed by atoms with Gasteiger partial charge in [0.1, 0.15) is 6.04 Å². The molecule has 0 aromatic carbocycles. The van der Waals surface area contributed by atoms with Crippen LogP contribution in [0.1, 0.15) is 13.8 Å². The fraction of sp³-hybridized carbons (Fsp3) is 0.833. The summed E-state index contributed by atoms with van der Waals surface area (Å²) in [6, 6.07) is -1.11. The number of carboxylic acids is 1. The van der Waals surface area contributed by atoms with Crippen LogP contribution in [0.2, 0.25) is 0 Å². The summed E-state index contributed by atoms with van der Waals surface area (Å²) in [5.41, 5.74) is 0. The van der Waals surface area contributed by atoms with Crippen molar-refractivity contribution < 1.29 is 24.3 Å². The Balaban J connectivity index is 4.42.